The summed E-state index contributed by atoms with van der Waals surface area (Å²) in [6.07, 6.45) is 4.38. The Bertz CT molecular complexity index is 485. The predicted octanol–water partition coefficient (Wildman–Crippen LogP) is 1.30. The number of methoxy groups -OCH3 is 1. The van der Waals surface area contributed by atoms with E-state index in [0.29, 0.717) is 38.2 Å². The quantitative estimate of drug-likeness (QED) is 0.635. The van der Waals surface area contributed by atoms with Crippen LogP contribution in [-0.2, 0) is 16.1 Å². The van der Waals surface area contributed by atoms with E-state index in [2.05, 4.69) is 15.7 Å². The molecule has 1 heterocycles. The van der Waals surface area contributed by atoms with Gasteiger partial charge in [-0.25, -0.2) is 4.79 Å². The number of rotatable bonds is 10. The van der Waals surface area contributed by atoms with Crippen LogP contribution in [0.15, 0.2) is 12.4 Å². The molecule has 1 aromatic heterocycles. The van der Waals surface area contributed by atoms with E-state index in [-0.39, 0.29) is 11.9 Å². The number of hydrogen-bond acceptors (Lipinski definition) is 4. The normalized spacial score (nSPS) is 10.4. The standard InChI is InChI=1S/C15H27N5O3/c1-4-19(5-2)14(21)7-6-8-16-15(22)18-13-11-17-20(12-13)9-10-23-3/h11-12H,4-10H2,1-3H3,(H2,16,18,22). The summed E-state index contributed by atoms with van der Waals surface area (Å²) >= 11 is 0. The monoisotopic (exact) mass is 325 g/mol. The summed E-state index contributed by atoms with van der Waals surface area (Å²) in [4.78, 5) is 25.3. The molecule has 0 radical (unpaired) electrons. The number of aromatic nitrogens is 2. The minimum Gasteiger partial charge on any atom is -0.383 e. The van der Waals surface area contributed by atoms with E-state index in [1.54, 1.807) is 29.1 Å². The Hall–Kier alpha value is -2.09. The summed E-state index contributed by atoms with van der Waals surface area (Å²) in [5.41, 5.74) is 0.623. The highest BCUT2D eigenvalue weighted by Crippen LogP contribution is 2.04. The third-order valence-corrected chi connectivity index (χ3v) is 3.38. The Morgan fingerprint density at radius 2 is 2.09 bits per heavy atom. The molecule has 0 saturated heterocycles. The maximum Gasteiger partial charge on any atom is 0.319 e. The van der Waals surface area contributed by atoms with Crippen LogP contribution in [0.2, 0.25) is 0 Å². The van der Waals surface area contributed by atoms with Gasteiger partial charge in [-0.3, -0.25) is 9.48 Å². The number of nitrogens with one attached hydrogen (secondary N) is 2. The van der Waals surface area contributed by atoms with Crippen molar-refractivity contribution in [2.45, 2.75) is 33.2 Å². The molecule has 3 amide bonds. The zero-order valence-corrected chi connectivity index (χ0v) is 14.2. The second kappa shape index (κ2) is 10.6. The SMILES string of the molecule is CCN(CC)C(=O)CCCNC(=O)Nc1cnn(CCOC)c1. The van der Waals surface area contributed by atoms with Crippen LogP contribution in [0.25, 0.3) is 0 Å². The van der Waals surface area contributed by atoms with Crippen LogP contribution in [-0.4, -0.2) is 60.0 Å². The van der Waals surface area contributed by atoms with Crippen molar-refractivity contribution >= 4 is 17.6 Å². The Kier molecular flexibility index (Phi) is 8.74. The van der Waals surface area contributed by atoms with Crippen molar-refractivity contribution in [2.24, 2.45) is 0 Å². The first-order chi connectivity index (χ1) is 11.1. The zero-order valence-electron chi connectivity index (χ0n) is 14.2. The summed E-state index contributed by atoms with van der Waals surface area (Å²) in [7, 11) is 1.63. The minimum atomic E-state index is -0.299. The molecule has 23 heavy (non-hydrogen) atoms. The first-order valence-electron chi connectivity index (χ1n) is 7.94. The number of ether oxygens (including phenoxy) is 1. The molecule has 1 rings (SSSR count). The average Bonchev–Trinajstić information content (AvgIpc) is 2.98. The number of nitrogens with zero attached hydrogens (tertiary/aromatic N) is 3. The van der Waals surface area contributed by atoms with Gasteiger partial charge in [0.2, 0.25) is 5.91 Å². The minimum absolute atomic E-state index is 0.122. The Labute approximate surface area is 137 Å². The second-order valence-electron chi connectivity index (χ2n) is 5.04. The molecule has 8 heteroatoms. The molecule has 130 valence electrons. The van der Waals surface area contributed by atoms with Gasteiger partial charge in [-0.15, -0.1) is 0 Å². The molecular weight excluding hydrogens is 298 g/mol. The summed E-state index contributed by atoms with van der Waals surface area (Å²) in [5.74, 6) is 0.122. The fourth-order valence-electron chi connectivity index (χ4n) is 2.09. The van der Waals surface area contributed by atoms with E-state index in [4.69, 9.17) is 4.74 Å². The van der Waals surface area contributed by atoms with Crippen molar-refractivity contribution < 1.29 is 14.3 Å². The molecule has 0 bridgehead atoms. The Morgan fingerprint density at radius 1 is 1.35 bits per heavy atom. The maximum atomic E-state index is 11.8. The predicted molar refractivity (Wildman–Crippen MR) is 88.3 cm³/mol. The first-order valence-corrected chi connectivity index (χ1v) is 7.94. The molecular formula is C15H27N5O3. The molecule has 0 atom stereocenters. The van der Waals surface area contributed by atoms with Gasteiger partial charge in [0.15, 0.2) is 0 Å². The Balaban J connectivity index is 2.21. The van der Waals surface area contributed by atoms with Gasteiger partial charge in [-0.1, -0.05) is 0 Å². The molecule has 2 N–H and O–H groups in total. The highest BCUT2D eigenvalue weighted by Gasteiger charge is 2.09. The van der Waals surface area contributed by atoms with Crippen molar-refractivity contribution in [1.82, 2.24) is 20.0 Å². The van der Waals surface area contributed by atoms with Crippen LogP contribution in [0.5, 0.6) is 0 Å². The summed E-state index contributed by atoms with van der Waals surface area (Å²) < 4.78 is 6.66. The van der Waals surface area contributed by atoms with Gasteiger partial charge in [0.1, 0.15) is 0 Å². The summed E-state index contributed by atoms with van der Waals surface area (Å²) in [6.45, 7) is 7.00. The van der Waals surface area contributed by atoms with Gasteiger partial charge < -0.3 is 20.3 Å². The lowest BCUT2D eigenvalue weighted by atomic mass is 10.2. The van der Waals surface area contributed by atoms with E-state index in [0.717, 1.165) is 13.1 Å². The van der Waals surface area contributed by atoms with Gasteiger partial charge in [-0.05, 0) is 20.3 Å². The summed E-state index contributed by atoms with van der Waals surface area (Å²) in [5, 5.41) is 9.54. The zero-order chi connectivity index (χ0) is 17.1. The highest BCUT2D eigenvalue weighted by molar-refractivity contribution is 5.88. The lowest BCUT2D eigenvalue weighted by molar-refractivity contribution is -0.130. The highest BCUT2D eigenvalue weighted by atomic mass is 16.5. The molecule has 0 aromatic carbocycles. The fourth-order valence-corrected chi connectivity index (χ4v) is 2.09. The van der Waals surface area contributed by atoms with Crippen molar-refractivity contribution in [2.75, 3.05) is 38.7 Å². The molecule has 0 aliphatic rings. The van der Waals surface area contributed by atoms with Crippen LogP contribution in [0.3, 0.4) is 0 Å². The number of hydrogen-bond donors (Lipinski definition) is 2. The number of carbonyl (C=O) groups excluding carboxylic acids is 2. The molecule has 0 spiro atoms. The van der Waals surface area contributed by atoms with Crippen molar-refractivity contribution in [3.63, 3.8) is 0 Å². The topological polar surface area (TPSA) is 88.5 Å². The smallest absolute Gasteiger partial charge is 0.319 e. The molecule has 0 fully saturated rings. The second-order valence-corrected chi connectivity index (χ2v) is 5.04. The maximum absolute atomic E-state index is 11.8. The molecule has 8 nitrogen and oxygen atoms in total. The third-order valence-electron chi connectivity index (χ3n) is 3.38. The summed E-state index contributed by atoms with van der Waals surface area (Å²) in [6, 6.07) is -0.299. The van der Waals surface area contributed by atoms with E-state index in [9.17, 15) is 9.59 Å². The molecule has 0 saturated carbocycles. The number of urea groups is 1. The number of carbonyl (C=O) groups is 2. The Morgan fingerprint density at radius 3 is 2.74 bits per heavy atom. The van der Waals surface area contributed by atoms with Crippen LogP contribution in [0.1, 0.15) is 26.7 Å². The van der Waals surface area contributed by atoms with Gasteiger partial charge >= 0.3 is 6.03 Å². The van der Waals surface area contributed by atoms with Gasteiger partial charge in [0.25, 0.3) is 0 Å². The first kappa shape index (κ1) is 19.0. The lowest BCUT2D eigenvalue weighted by Gasteiger charge is -2.18. The molecule has 0 unspecified atom stereocenters. The molecule has 1 aromatic rings. The molecule has 0 aliphatic heterocycles. The van der Waals surface area contributed by atoms with Gasteiger partial charge in [0, 0.05) is 39.4 Å². The molecule has 0 aliphatic carbocycles. The largest absolute Gasteiger partial charge is 0.383 e. The van der Waals surface area contributed by atoms with E-state index in [1.807, 2.05) is 13.8 Å². The van der Waals surface area contributed by atoms with Crippen LogP contribution in [0, 0.1) is 0 Å². The number of amides is 3. The van der Waals surface area contributed by atoms with Crippen LogP contribution >= 0.6 is 0 Å². The number of anilines is 1. The van der Waals surface area contributed by atoms with Crippen molar-refractivity contribution in [1.29, 1.82) is 0 Å². The van der Waals surface area contributed by atoms with E-state index < -0.39 is 0 Å². The van der Waals surface area contributed by atoms with E-state index in [1.165, 1.54) is 0 Å². The van der Waals surface area contributed by atoms with E-state index >= 15 is 0 Å². The van der Waals surface area contributed by atoms with Crippen molar-refractivity contribution in [3.8, 4) is 0 Å². The lowest BCUT2D eigenvalue weighted by Crippen LogP contribution is -2.32. The average molecular weight is 325 g/mol. The van der Waals surface area contributed by atoms with Crippen LogP contribution in [0.4, 0.5) is 10.5 Å². The third kappa shape index (κ3) is 7.14. The van der Waals surface area contributed by atoms with Crippen molar-refractivity contribution in [3.05, 3.63) is 12.4 Å². The van der Waals surface area contributed by atoms with Crippen LogP contribution < -0.4 is 10.6 Å². The fraction of sp³-hybridized carbons (Fsp3) is 0.667. The van der Waals surface area contributed by atoms with Gasteiger partial charge in [0.05, 0.1) is 25.0 Å². The van der Waals surface area contributed by atoms with Gasteiger partial charge in [-0.2, -0.15) is 5.10 Å².